The van der Waals surface area contributed by atoms with Crippen LogP contribution in [-0.4, -0.2) is 28.7 Å². The SMILES string of the molecule is CCN(Cc1cc(Cl)ccc1N)CC(C)(C)O. The van der Waals surface area contributed by atoms with Crippen LogP contribution in [0.5, 0.6) is 0 Å². The van der Waals surface area contributed by atoms with E-state index in [1.54, 1.807) is 19.9 Å². The fraction of sp³-hybridized carbons (Fsp3) is 0.538. The number of halogens is 1. The summed E-state index contributed by atoms with van der Waals surface area (Å²) >= 11 is 5.95. The number of hydrogen-bond acceptors (Lipinski definition) is 3. The van der Waals surface area contributed by atoms with Gasteiger partial charge >= 0.3 is 0 Å². The second-order valence-corrected chi connectivity index (χ2v) is 5.40. The van der Waals surface area contributed by atoms with Crippen LogP contribution in [0.4, 0.5) is 5.69 Å². The summed E-state index contributed by atoms with van der Waals surface area (Å²) in [5.41, 5.74) is 6.95. The van der Waals surface area contributed by atoms with Gasteiger partial charge in [0.15, 0.2) is 0 Å². The summed E-state index contributed by atoms with van der Waals surface area (Å²) in [6, 6.07) is 5.48. The topological polar surface area (TPSA) is 49.5 Å². The third-order valence-electron chi connectivity index (χ3n) is 2.56. The van der Waals surface area contributed by atoms with Gasteiger partial charge in [0, 0.05) is 23.8 Å². The third kappa shape index (κ3) is 4.94. The van der Waals surface area contributed by atoms with Gasteiger partial charge in [-0.25, -0.2) is 0 Å². The molecule has 0 amide bonds. The number of anilines is 1. The Kier molecular flexibility index (Phi) is 4.80. The van der Waals surface area contributed by atoms with Gasteiger partial charge in [-0.2, -0.15) is 0 Å². The largest absolute Gasteiger partial charge is 0.398 e. The van der Waals surface area contributed by atoms with Crippen molar-refractivity contribution < 1.29 is 5.11 Å². The molecular weight excluding hydrogens is 236 g/mol. The standard InChI is InChI=1S/C13H21ClN2O/c1-4-16(9-13(2,3)17)8-10-7-11(14)5-6-12(10)15/h5-7,17H,4,8-9,15H2,1-3H3. The number of likely N-dealkylation sites (N-methyl/N-ethyl adjacent to an activating group) is 1. The molecule has 96 valence electrons. The van der Waals surface area contributed by atoms with Gasteiger partial charge in [0.05, 0.1) is 5.60 Å². The molecule has 0 saturated heterocycles. The molecule has 3 nitrogen and oxygen atoms in total. The smallest absolute Gasteiger partial charge is 0.0718 e. The van der Waals surface area contributed by atoms with Gasteiger partial charge in [0.25, 0.3) is 0 Å². The highest BCUT2D eigenvalue weighted by Crippen LogP contribution is 2.20. The van der Waals surface area contributed by atoms with Crippen LogP contribution in [0.2, 0.25) is 5.02 Å². The van der Waals surface area contributed by atoms with Crippen molar-refractivity contribution in [2.24, 2.45) is 0 Å². The molecule has 0 aromatic heterocycles. The van der Waals surface area contributed by atoms with E-state index >= 15 is 0 Å². The van der Waals surface area contributed by atoms with Gasteiger partial charge in [-0.15, -0.1) is 0 Å². The van der Waals surface area contributed by atoms with Crippen LogP contribution in [0, 0.1) is 0 Å². The molecule has 0 saturated carbocycles. The summed E-state index contributed by atoms with van der Waals surface area (Å²) in [4.78, 5) is 2.14. The van der Waals surface area contributed by atoms with E-state index in [0.29, 0.717) is 18.1 Å². The van der Waals surface area contributed by atoms with Crippen LogP contribution in [0.25, 0.3) is 0 Å². The average molecular weight is 257 g/mol. The predicted octanol–water partition coefficient (Wildman–Crippen LogP) is 2.52. The number of rotatable bonds is 5. The van der Waals surface area contributed by atoms with Crippen molar-refractivity contribution in [1.29, 1.82) is 0 Å². The Bertz CT molecular complexity index is 374. The molecule has 0 aliphatic carbocycles. The van der Waals surface area contributed by atoms with Crippen molar-refractivity contribution in [2.45, 2.75) is 32.9 Å². The highest BCUT2D eigenvalue weighted by Gasteiger charge is 2.17. The lowest BCUT2D eigenvalue weighted by Crippen LogP contribution is -2.38. The monoisotopic (exact) mass is 256 g/mol. The zero-order valence-corrected chi connectivity index (χ0v) is 11.5. The summed E-state index contributed by atoms with van der Waals surface area (Å²) in [5, 5.41) is 10.5. The Labute approximate surface area is 108 Å². The normalized spacial score (nSPS) is 12.1. The second kappa shape index (κ2) is 5.71. The number of nitrogen functional groups attached to an aromatic ring is 1. The third-order valence-corrected chi connectivity index (χ3v) is 2.79. The van der Waals surface area contributed by atoms with Crippen molar-refractivity contribution in [3.63, 3.8) is 0 Å². The number of hydrogen-bond donors (Lipinski definition) is 2. The fourth-order valence-corrected chi connectivity index (χ4v) is 1.97. The summed E-state index contributed by atoms with van der Waals surface area (Å²) in [5.74, 6) is 0. The average Bonchev–Trinajstić information content (AvgIpc) is 2.20. The van der Waals surface area contributed by atoms with Crippen molar-refractivity contribution in [3.05, 3.63) is 28.8 Å². The van der Waals surface area contributed by atoms with Crippen molar-refractivity contribution >= 4 is 17.3 Å². The number of nitrogens with zero attached hydrogens (tertiary/aromatic N) is 1. The lowest BCUT2D eigenvalue weighted by molar-refractivity contribution is 0.0354. The van der Waals surface area contributed by atoms with E-state index in [1.807, 2.05) is 12.1 Å². The molecule has 0 fully saturated rings. The van der Waals surface area contributed by atoms with E-state index < -0.39 is 5.60 Å². The lowest BCUT2D eigenvalue weighted by atomic mass is 10.1. The minimum Gasteiger partial charge on any atom is -0.398 e. The second-order valence-electron chi connectivity index (χ2n) is 4.96. The molecule has 0 bridgehead atoms. The van der Waals surface area contributed by atoms with Gasteiger partial charge in [0.1, 0.15) is 0 Å². The molecule has 3 N–H and O–H groups in total. The summed E-state index contributed by atoms with van der Waals surface area (Å²) in [6.45, 7) is 7.83. The van der Waals surface area contributed by atoms with Crippen LogP contribution in [0.1, 0.15) is 26.3 Å². The van der Waals surface area contributed by atoms with Crippen molar-refractivity contribution in [3.8, 4) is 0 Å². The van der Waals surface area contributed by atoms with Gasteiger partial charge in [0.2, 0.25) is 0 Å². The first-order chi connectivity index (χ1) is 7.81. The molecule has 0 heterocycles. The predicted molar refractivity (Wildman–Crippen MR) is 73.1 cm³/mol. The van der Waals surface area contributed by atoms with Crippen LogP contribution < -0.4 is 5.73 Å². The highest BCUT2D eigenvalue weighted by molar-refractivity contribution is 6.30. The van der Waals surface area contributed by atoms with E-state index in [1.165, 1.54) is 0 Å². The maximum atomic E-state index is 9.82. The summed E-state index contributed by atoms with van der Waals surface area (Å²) < 4.78 is 0. The minimum absolute atomic E-state index is 0.607. The van der Waals surface area contributed by atoms with E-state index in [-0.39, 0.29) is 0 Å². The first kappa shape index (κ1) is 14.3. The van der Waals surface area contributed by atoms with E-state index in [2.05, 4.69) is 11.8 Å². The van der Waals surface area contributed by atoms with E-state index in [0.717, 1.165) is 17.8 Å². The molecule has 0 atom stereocenters. The van der Waals surface area contributed by atoms with Crippen LogP contribution in [0.3, 0.4) is 0 Å². The first-order valence-electron chi connectivity index (χ1n) is 5.80. The Morgan fingerprint density at radius 3 is 2.59 bits per heavy atom. The van der Waals surface area contributed by atoms with Crippen LogP contribution >= 0.6 is 11.6 Å². The Morgan fingerprint density at radius 1 is 1.41 bits per heavy atom. The van der Waals surface area contributed by atoms with Crippen LogP contribution in [0.15, 0.2) is 18.2 Å². The molecule has 0 unspecified atom stereocenters. The van der Waals surface area contributed by atoms with Gasteiger partial charge in [-0.3, -0.25) is 4.90 Å². The zero-order valence-electron chi connectivity index (χ0n) is 10.7. The quantitative estimate of drug-likeness (QED) is 0.796. The van der Waals surface area contributed by atoms with Gasteiger partial charge < -0.3 is 10.8 Å². The highest BCUT2D eigenvalue weighted by atomic mass is 35.5. The number of aliphatic hydroxyl groups is 1. The minimum atomic E-state index is -0.705. The molecule has 1 aromatic rings. The molecular formula is C13H21ClN2O. The Morgan fingerprint density at radius 2 is 2.06 bits per heavy atom. The zero-order chi connectivity index (χ0) is 13.1. The molecule has 0 aliphatic rings. The summed E-state index contributed by atoms with van der Waals surface area (Å²) in [6.07, 6.45) is 0. The van der Waals surface area contributed by atoms with E-state index in [9.17, 15) is 5.11 Å². The molecule has 17 heavy (non-hydrogen) atoms. The maximum absolute atomic E-state index is 9.82. The molecule has 1 rings (SSSR count). The van der Waals surface area contributed by atoms with Crippen molar-refractivity contribution in [1.82, 2.24) is 4.90 Å². The fourth-order valence-electron chi connectivity index (χ4n) is 1.78. The molecule has 0 radical (unpaired) electrons. The summed E-state index contributed by atoms with van der Waals surface area (Å²) in [7, 11) is 0. The maximum Gasteiger partial charge on any atom is 0.0718 e. The molecule has 1 aromatic carbocycles. The molecule has 0 spiro atoms. The van der Waals surface area contributed by atoms with Crippen LogP contribution in [-0.2, 0) is 6.54 Å². The number of nitrogens with two attached hydrogens (primary N) is 1. The number of benzene rings is 1. The Balaban J connectivity index is 2.77. The molecule has 0 aliphatic heterocycles. The first-order valence-corrected chi connectivity index (χ1v) is 6.18. The Hall–Kier alpha value is -0.770. The van der Waals surface area contributed by atoms with E-state index in [4.69, 9.17) is 17.3 Å². The molecule has 4 heteroatoms. The van der Waals surface area contributed by atoms with Crippen molar-refractivity contribution in [2.75, 3.05) is 18.8 Å². The lowest BCUT2D eigenvalue weighted by Gasteiger charge is -2.28. The van der Waals surface area contributed by atoms with Gasteiger partial charge in [-0.05, 0) is 44.2 Å². The van der Waals surface area contributed by atoms with Gasteiger partial charge in [-0.1, -0.05) is 18.5 Å².